The fraction of sp³-hybridized carbons (Fsp3) is 0.214. The number of H-pyrrole nitrogens is 1. The molecule has 2 amide bonds. The first-order chi connectivity index (χ1) is 17.1. The predicted molar refractivity (Wildman–Crippen MR) is 137 cm³/mol. The minimum Gasteiger partial charge on any atom is -0.497 e. The lowest BCUT2D eigenvalue weighted by molar-refractivity contribution is -0.122. The fourth-order valence-corrected chi connectivity index (χ4v) is 4.59. The topological polar surface area (TPSA) is 77.7 Å². The average molecular weight is 469 g/mol. The molecule has 5 rings (SSSR count). The van der Waals surface area contributed by atoms with Crippen LogP contribution in [0.2, 0.25) is 0 Å². The molecule has 0 radical (unpaired) electrons. The highest BCUT2D eigenvalue weighted by atomic mass is 16.5. The van der Waals surface area contributed by atoms with Crippen LogP contribution in [0, 0.1) is 0 Å². The molecule has 1 saturated heterocycles. The Labute approximate surface area is 204 Å². The van der Waals surface area contributed by atoms with E-state index in [2.05, 4.69) is 15.2 Å². The highest BCUT2D eigenvalue weighted by Gasteiger charge is 2.32. The van der Waals surface area contributed by atoms with Crippen LogP contribution in [0.1, 0.15) is 22.1 Å². The number of amides is 2. The first-order valence-corrected chi connectivity index (χ1v) is 11.7. The number of rotatable bonds is 6. The number of ether oxygens (including phenoxy) is 1. The number of fused-ring (bicyclic) bond motifs is 1. The molecule has 1 unspecified atom stereocenters. The van der Waals surface area contributed by atoms with Gasteiger partial charge in [-0.25, -0.2) is 0 Å². The van der Waals surface area contributed by atoms with Crippen molar-refractivity contribution in [2.24, 2.45) is 0 Å². The van der Waals surface area contributed by atoms with Gasteiger partial charge >= 0.3 is 0 Å². The summed E-state index contributed by atoms with van der Waals surface area (Å²) in [4.78, 5) is 33.8. The number of aromatic amines is 1. The summed E-state index contributed by atoms with van der Waals surface area (Å²) in [5, 5.41) is 4.06. The molecule has 7 nitrogen and oxygen atoms in total. The Kier molecular flexibility index (Phi) is 6.50. The third-order valence-corrected chi connectivity index (χ3v) is 6.45. The lowest BCUT2D eigenvalue weighted by atomic mass is 10.0. The first kappa shape index (κ1) is 22.7. The minimum atomic E-state index is -0.455. The largest absolute Gasteiger partial charge is 0.497 e. The van der Waals surface area contributed by atoms with E-state index < -0.39 is 6.04 Å². The summed E-state index contributed by atoms with van der Waals surface area (Å²) in [6.07, 6.45) is 0. The van der Waals surface area contributed by atoms with Crippen molar-refractivity contribution in [1.29, 1.82) is 0 Å². The third-order valence-electron chi connectivity index (χ3n) is 6.45. The number of nitrogens with one attached hydrogen (secondary N) is 2. The van der Waals surface area contributed by atoms with E-state index >= 15 is 0 Å². The molecule has 3 aromatic carbocycles. The molecular weight excluding hydrogens is 440 g/mol. The predicted octanol–water partition coefficient (Wildman–Crippen LogP) is 4.31. The number of nitrogens with zero attached hydrogens (tertiary/aromatic N) is 2. The van der Waals surface area contributed by atoms with Crippen molar-refractivity contribution in [3.63, 3.8) is 0 Å². The van der Waals surface area contributed by atoms with E-state index in [0.717, 1.165) is 22.2 Å². The van der Waals surface area contributed by atoms with Gasteiger partial charge in [-0.15, -0.1) is 0 Å². The van der Waals surface area contributed by atoms with Gasteiger partial charge in [0, 0.05) is 42.8 Å². The zero-order chi connectivity index (χ0) is 24.2. The van der Waals surface area contributed by atoms with Crippen LogP contribution in [0.4, 0.5) is 5.69 Å². The van der Waals surface area contributed by atoms with Crippen molar-refractivity contribution in [2.75, 3.05) is 38.6 Å². The quantitative estimate of drug-likeness (QED) is 0.442. The van der Waals surface area contributed by atoms with E-state index in [9.17, 15) is 9.59 Å². The molecule has 1 atom stereocenters. The van der Waals surface area contributed by atoms with Gasteiger partial charge in [-0.2, -0.15) is 0 Å². The molecule has 35 heavy (non-hydrogen) atoms. The number of para-hydroxylation sites is 1. The Hall–Kier alpha value is -4.10. The fourth-order valence-electron chi connectivity index (χ4n) is 4.59. The van der Waals surface area contributed by atoms with Gasteiger partial charge in [-0.1, -0.05) is 48.5 Å². The van der Waals surface area contributed by atoms with Crippen molar-refractivity contribution < 1.29 is 14.3 Å². The van der Waals surface area contributed by atoms with Crippen LogP contribution in [-0.2, 0) is 4.79 Å². The molecule has 7 heteroatoms. The Bertz CT molecular complexity index is 1280. The maximum atomic E-state index is 13.4. The first-order valence-electron chi connectivity index (χ1n) is 11.7. The smallest absolute Gasteiger partial charge is 0.270 e. The molecule has 2 heterocycles. The number of carbonyl (C=O) groups excluding carboxylic acids is 2. The van der Waals surface area contributed by atoms with Crippen LogP contribution in [0.15, 0.2) is 84.9 Å². The molecule has 2 N–H and O–H groups in total. The number of hydrogen-bond acceptors (Lipinski definition) is 4. The van der Waals surface area contributed by atoms with E-state index in [4.69, 9.17) is 4.74 Å². The standard InChI is InChI=1S/C28H28N4O3/c1-35-23-13-11-22(12-14-23)29-27(33)26(20-7-3-2-4-8-20)31-15-17-32(18-16-31)28(34)25-19-21-9-5-6-10-24(21)30-25/h2-14,19,26,30H,15-18H2,1H3,(H,29,33). The Morgan fingerprint density at radius 1 is 0.886 bits per heavy atom. The molecule has 1 aromatic heterocycles. The second-order valence-electron chi connectivity index (χ2n) is 8.63. The molecule has 1 aliphatic rings. The van der Waals surface area contributed by atoms with Crippen LogP contribution in [0.3, 0.4) is 0 Å². The number of benzene rings is 3. The molecule has 1 fully saturated rings. The summed E-state index contributed by atoms with van der Waals surface area (Å²) in [5.41, 5.74) is 3.18. The maximum absolute atomic E-state index is 13.4. The Balaban J connectivity index is 1.30. The van der Waals surface area contributed by atoms with E-state index in [1.807, 2.05) is 89.8 Å². The Morgan fingerprint density at radius 3 is 2.26 bits per heavy atom. The van der Waals surface area contributed by atoms with Crippen LogP contribution in [0.25, 0.3) is 10.9 Å². The normalized spacial score (nSPS) is 15.1. The molecule has 0 bridgehead atoms. The van der Waals surface area contributed by atoms with Crippen molar-refractivity contribution >= 4 is 28.4 Å². The number of methoxy groups -OCH3 is 1. The second-order valence-corrected chi connectivity index (χ2v) is 8.63. The highest BCUT2D eigenvalue weighted by Crippen LogP contribution is 2.26. The number of carbonyl (C=O) groups is 2. The Morgan fingerprint density at radius 2 is 1.57 bits per heavy atom. The molecule has 178 valence electrons. The maximum Gasteiger partial charge on any atom is 0.270 e. The van der Waals surface area contributed by atoms with E-state index in [1.165, 1.54) is 0 Å². The lowest BCUT2D eigenvalue weighted by Crippen LogP contribution is -2.51. The van der Waals surface area contributed by atoms with Gasteiger partial charge in [0.1, 0.15) is 17.5 Å². The lowest BCUT2D eigenvalue weighted by Gasteiger charge is -2.38. The van der Waals surface area contributed by atoms with Crippen LogP contribution < -0.4 is 10.1 Å². The molecular formula is C28H28N4O3. The van der Waals surface area contributed by atoms with E-state index in [-0.39, 0.29) is 11.8 Å². The van der Waals surface area contributed by atoms with Gasteiger partial charge in [0.05, 0.1) is 7.11 Å². The summed E-state index contributed by atoms with van der Waals surface area (Å²) in [7, 11) is 1.61. The molecule has 0 spiro atoms. The molecule has 0 aliphatic carbocycles. The number of anilines is 1. The van der Waals surface area contributed by atoms with Crippen molar-refractivity contribution in [1.82, 2.24) is 14.8 Å². The zero-order valence-corrected chi connectivity index (χ0v) is 19.6. The minimum absolute atomic E-state index is 0.0141. The van der Waals surface area contributed by atoms with Gasteiger partial charge in [0.25, 0.3) is 5.91 Å². The van der Waals surface area contributed by atoms with Crippen molar-refractivity contribution in [3.05, 3.63) is 96.2 Å². The summed E-state index contributed by atoms with van der Waals surface area (Å²) in [6, 6.07) is 26.4. The van der Waals surface area contributed by atoms with Gasteiger partial charge in [0.15, 0.2) is 0 Å². The van der Waals surface area contributed by atoms with Crippen LogP contribution in [-0.4, -0.2) is 59.9 Å². The van der Waals surface area contributed by atoms with Crippen molar-refractivity contribution in [3.8, 4) is 5.75 Å². The molecule has 1 aliphatic heterocycles. The number of piperazine rings is 1. The summed E-state index contributed by atoms with van der Waals surface area (Å²) in [5.74, 6) is 0.620. The van der Waals surface area contributed by atoms with Crippen LogP contribution >= 0.6 is 0 Å². The van der Waals surface area contributed by atoms with E-state index in [0.29, 0.717) is 37.6 Å². The molecule has 0 saturated carbocycles. The average Bonchev–Trinajstić information content (AvgIpc) is 3.34. The number of hydrogen-bond donors (Lipinski definition) is 2. The van der Waals surface area contributed by atoms with Gasteiger partial charge in [0.2, 0.25) is 5.91 Å². The second kappa shape index (κ2) is 10.0. The van der Waals surface area contributed by atoms with Gasteiger partial charge in [-0.3, -0.25) is 14.5 Å². The SMILES string of the molecule is COc1ccc(NC(=O)C(c2ccccc2)N2CCN(C(=O)c3cc4ccccc4[nH]3)CC2)cc1. The third kappa shape index (κ3) is 4.90. The molecule has 4 aromatic rings. The van der Waals surface area contributed by atoms with Crippen molar-refractivity contribution in [2.45, 2.75) is 6.04 Å². The van der Waals surface area contributed by atoms with Crippen LogP contribution in [0.5, 0.6) is 5.75 Å². The summed E-state index contributed by atoms with van der Waals surface area (Å²) >= 11 is 0. The zero-order valence-electron chi connectivity index (χ0n) is 19.6. The monoisotopic (exact) mass is 468 g/mol. The van der Waals surface area contributed by atoms with E-state index in [1.54, 1.807) is 7.11 Å². The number of aromatic nitrogens is 1. The summed E-state index contributed by atoms with van der Waals surface area (Å²) in [6.45, 7) is 2.30. The summed E-state index contributed by atoms with van der Waals surface area (Å²) < 4.78 is 5.21. The highest BCUT2D eigenvalue weighted by molar-refractivity contribution is 5.98. The van der Waals surface area contributed by atoms with Gasteiger partial charge < -0.3 is 19.9 Å². The van der Waals surface area contributed by atoms with Gasteiger partial charge in [-0.05, 0) is 42.0 Å².